The topological polar surface area (TPSA) is 90.7 Å². The van der Waals surface area contributed by atoms with Crippen LogP contribution in [-0.4, -0.2) is 30.6 Å². The molecule has 27 heavy (non-hydrogen) atoms. The first-order valence-corrected chi connectivity index (χ1v) is 8.67. The van der Waals surface area contributed by atoms with Crippen molar-refractivity contribution in [3.05, 3.63) is 52.6 Å². The third-order valence-corrected chi connectivity index (χ3v) is 4.32. The molecule has 0 aliphatic heterocycles. The lowest BCUT2D eigenvalue weighted by Gasteiger charge is -2.18. The van der Waals surface area contributed by atoms with Gasteiger partial charge >= 0.3 is 0 Å². The van der Waals surface area contributed by atoms with Gasteiger partial charge in [0.25, 0.3) is 11.6 Å². The highest BCUT2D eigenvalue weighted by atomic mass is 16.6. The van der Waals surface area contributed by atoms with Crippen molar-refractivity contribution >= 4 is 11.6 Å². The van der Waals surface area contributed by atoms with Gasteiger partial charge in [-0.05, 0) is 36.6 Å². The summed E-state index contributed by atoms with van der Waals surface area (Å²) in [4.78, 5) is 22.7. The number of nitrogens with one attached hydrogen (secondary N) is 1. The molecule has 2 aromatic rings. The van der Waals surface area contributed by atoms with Crippen LogP contribution in [0.3, 0.4) is 0 Å². The number of methoxy groups -OCH3 is 1. The molecule has 0 unspecified atom stereocenters. The monoisotopic (exact) mass is 372 g/mol. The summed E-state index contributed by atoms with van der Waals surface area (Å²) in [5.41, 5.74) is 1.22. The number of hydrogen-bond acceptors (Lipinski definition) is 5. The number of nitro benzene ring substituents is 1. The Hall–Kier alpha value is -3.09. The summed E-state index contributed by atoms with van der Waals surface area (Å²) in [5.74, 6) is 1.14. The van der Waals surface area contributed by atoms with E-state index in [0.717, 1.165) is 5.56 Å². The molecule has 1 amide bonds. The maximum atomic E-state index is 12.1. The van der Waals surface area contributed by atoms with E-state index in [1.165, 1.54) is 18.2 Å². The molecule has 2 aromatic carbocycles. The number of benzene rings is 2. The Balaban J connectivity index is 2.24. The summed E-state index contributed by atoms with van der Waals surface area (Å²) in [6, 6.07) is 11.4. The number of nitrogens with zero attached hydrogens (tertiary/aromatic N) is 1. The van der Waals surface area contributed by atoms with Crippen molar-refractivity contribution in [1.82, 2.24) is 5.32 Å². The summed E-state index contributed by atoms with van der Waals surface area (Å²) in [7, 11) is 1.56. The second kappa shape index (κ2) is 9.02. The molecule has 0 aliphatic carbocycles. The molecule has 1 N–H and O–H groups in total. The normalized spacial score (nSPS) is 11.7. The highest BCUT2D eigenvalue weighted by molar-refractivity contribution is 5.79. The van der Waals surface area contributed by atoms with E-state index in [-0.39, 0.29) is 24.2 Å². The van der Waals surface area contributed by atoms with E-state index in [1.807, 2.05) is 20.8 Å². The molecule has 2 rings (SSSR count). The predicted octanol–water partition coefficient (Wildman–Crippen LogP) is 3.81. The Bertz CT molecular complexity index is 803. The number of hydrogen-bond donors (Lipinski definition) is 1. The number of amides is 1. The van der Waals surface area contributed by atoms with Gasteiger partial charge in [0.15, 0.2) is 6.61 Å². The standard InChI is InChI=1S/C20H24N2O5/c1-13(2)14(3)21-20(23)12-27-19-10-7-16(22(24)25)11-18(19)15-5-8-17(26-4)9-6-15/h5-11,13-14H,12H2,1-4H3,(H,21,23)/t14-/m1/s1. The molecule has 7 nitrogen and oxygen atoms in total. The lowest BCUT2D eigenvalue weighted by Crippen LogP contribution is -2.38. The van der Waals surface area contributed by atoms with Crippen LogP contribution in [0.5, 0.6) is 11.5 Å². The number of rotatable bonds is 8. The molecule has 0 bridgehead atoms. The third-order valence-electron chi connectivity index (χ3n) is 4.32. The molecular formula is C20H24N2O5. The van der Waals surface area contributed by atoms with Crippen molar-refractivity contribution in [1.29, 1.82) is 0 Å². The molecule has 7 heteroatoms. The molecule has 0 fully saturated rings. The van der Waals surface area contributed by atoms with E-state index in [2.05, 4.69) is 5.32 Å². The van der Waals surface area contributed by atoms with Crippen molar-refractivity contribution in [2.45, 2.75) is 26.8 Å². The lowest BCUT2D eigenvalue weighted by atomic mass is 10.0. The molecule has 0 aliphatic rings. The minimum atomic E-state index is -0.464. The SMILES string of the molecule is COc1ccc(-c2cc([N+](=O)[O-])ccc2OCC(=O)N[C@H](C)C(C)C)cc1. The first-order chi connectivity index (χ1) is 12.8. The minimum Gasteiger partial charge on any atom is -0.497 e. The Morgan fingerprint density at radius 3 is 2.37 bits per heavy atom. The number of ether oxygens (including phenoxy) is 2. The molecule has 1 atom stereocenters. The van der Waals surface area contributed by atoms with Crippen LogP contribution in [-0.2, 0) is 4.79 Å². The summed E-state index contributed by atoms with van der Waals surface area (Å²) < 4.78 is 10.8. The third kappa shape index (κ3) is 5.44. The van der Waals surface area contributed by atoms with Crippen LogP contribution in [0.15, 0.2) is 42.5 Å². The predicted molar refractivity (Wildman–Crippen MR) is 103 cm³/mol. The van der Waals surface area contributed by atoms with Gasteiger partial charge in [0.1, 0.15) is 11.5 Å². The average molecular weight is 372 g/mol. The number of nitro groups is 1. The van der Waals surface area contributed by atoms with Gasteiger partial charge in [0.05, 0.1) is 12.0 Å². The molecule has 144 valence electrons. The van der Waals surface area contributed by atoms with Crippen LogP contribution >= 0.6 is 0 Å². The highest BCUT2D eigenvalue weighted by Gasteiger charge is 2.16. The van der Waals surface area contributed by atoms with Crippen molar-refractivity contribution in [3.63, 3.8) is 0 Å². The van der Waals surface area contributed by atoms with Crippen LogP contribution in [0.25, 0.3) is 11.1 Å². The Morgan fingerprint density at radius 1 is 1.15 bits per heavy atom. The maximum Gasteiger partial charge on any atom is 0.270 e. The van der Waals surface area contributed by atoms with Crippen molar-refractivity contribution < 1.29 is 19.2 Å². The van der Waals surface area contributed by atoms with Crippen molar-refractivity contribution in [2.75, 3.05) is 13.7 Å². The van der Waals surface area contributed by atoms with Crippen LogP contribution in [0.1, 0.15) is 20.8 Å². The number of carbonyl (C=O) groups excluding carboxylic acids is 1. The fourth-order valence-corrected chi connectivity index (χ4v) is 2.36. The fraction of sp³-hybridized carbons (Fsp3) is 0.350. The molecular weight excluding hydrogens is 348 g/mol. The first kappa shape index (κ1) is 20.2. The zero-order valence-electron chi connectivity index (χ0n) is 15.9. The molecule has 0 radical (unpaired) electrons. The second-order valence-corrected chi connectivity index (χ2v) is 6.55. The summed E-state index contributed by atoms with van der Waals surface area (Å²) in [6.07, 6.45) is 0. The molecule has 0 spiro atoms. The van der Waals surface area contributed by atoms with Crippen LogP contribution in [0, 0.1) is 16.0 Å². The van der Waals surface area contributed by atoms with Gasteiger partial charge in [-0.15, -0.1) is 0 Å². The molecule has 0 heterocycles. The van der Waals surface area contributed by atoms with Gasteiger partial charge in [-0.25, -0.2) is 0 Å². The van der Waals surface area contributed by atoms with Crippen molar-refractivity contribution in [3.8, 4) is 22.6 Å². The molecule has 0 saturated heterocycles. The van der Waals surface area contributed by atoms with E-state index < -0.39 is 4.92 Å². The Morgan fingerprint density at radius 2 is 1.81 bits per heavy atom. The van der Waals surface area contributed by atoms with E-state index in [0.29, 0.717) is 23.0 Å². The molecule has 0 aromatic heterocycles. The van der Waals surface area contributed by atoms with E-state index in [9.17, 15) is 14.9 Å². The van der Waals surface area contributed by atoms with Gasteiger partial charge in [-0.1, -0.05) is 26.0 Å². The number of carbonyl (C=O) groups is 1. The summed E-state index contributed by atoms with van der Waals surface area (Å²) in [5, 5.41) is 14.0. The van der Waals surface area contributed by atoms with Gasteiger partial charge in [-0.2, -0.15) is 0 Å². The van der Waals surface area contributed by atoms with Crippen LogP contribution < -0.4 is 14.8 Å². The molecule has 0 saturated carbocycles. The van der Waals surface area contributed by atoms with Crippen molar-refractivity contribution in [2.24, 2.45) is 5.92 Å². The van der Waals surface area contributed by atoms with E-state index >= 15 is 0 Å². The quantitative estimate of drug-likeness (QED) is 0.562. The zero-order chi connectivity index (χ0) is 20.0. The lowest BCUT2D eigenvalue weighted by molar-refractivity contribution is -0.384. The first-order valence-electron chi connectivity index (χ1n) is 8.67. The van der Waals surface area contributed by atoms with Gasteiger partial charge in [-0.3, -0.25) is 14.9 Å². The van der Waals surface area contributed by atoms with Crippen LogP contribution in [0.2, 0.25) is 0 Å². The van der Waals surface area contributed by atoms with Crippen LogP contribution in [0.4, 0.5) is 5.69 Å². The Kier molecular flexibility index (Phi) is 6.76. The fourth-order valence-electron chi connectivity index (χ4n) is 2.36. The smallest absolute Gasteiger partial charge is 0.270 e. The summed E-state index contributed by atoms with van der Waals surface area (Å²) in [6.45, 7) is 5.79. The van der Waals surface area contributed by atoms with E-state index in [4.69, 9.17) is 9.47 Å². The average Bonchev–Trinajstić information content (AvgIpc) is 2.66. The number of non-ortho nitro benzene ring substituents is 1. The highest BCUT2D eigenvalue weighted by Crippen LogP contribution is 2.34. The maximum absolute atomic E-state index is 12.1. The minimum absolute atomic E-state index is 0.0269. The second-order valence-electron chi connectivity index (χ2n) is 6.55. The van der Waals surface area contributed by atoms with Gasteiger partial charge < -0.3 is 14.8 Å². The van der Waals surface area contributed by atoms with Gasteiger partial charge in [0.2, 0.25) is 0 Å². The largest absolute Gasteiger partial charge is 0.497 e. The summed E-state index contributed by atoms with van der Waals surface area (Å²) >= 11 is 0. The zero-order valence-corrected chi connectivity index (χ0v) is 15.9. The van der Waals surface area contributed by atoms with E-state index in [1.54, 1.807) is 31.4 Å². The Labute approximate surface area is 158 Å². The van der Waals surface area contributed by atoms with Gasteiger partial charge in [0, 0.05) is 23.7 Å².